The Morgan fingerprint density at radius 3 is 2.67 bits per heavy atom. The molecule has 2 aromatic carbocycles. The minimum absolute atomic E-state index is 0.114. The van der Waals surface area contributed by atoms with Crippen molar-refractivity contribution < 1.29 is 28.2 Å². The summed E-state index contributed by atoms with van der Waals surface area (Å²) in [5.41, 5.74) is 1.51. The molecule has 30 heavy (non-hydrogen) atoms. The second-order valence-electron chi connectivity index (χ2n) is 6.82. The molecule has 1 aromatic heterocycles. The van der Waals surface area contributed by atoms with Crippen LogP contribution < -0.4 is 14.8 Å². The first-order valence-electron chi connectivity index (χ1n) is 9.62. The van der Waals surface area contributed by atoms with Gasteiger partial charge in [0.1, 0.15) is 11.5 Å². The summed E-state index contributed by atoms with van der Waals surface area (Å²) in [7, 11) is 0. The number of fused-ring (bicyclic) bond motifs is 1. The van der Waals surface area contributed by atoms with Crippen molar-refractivity contribution in [2.24, 2.45) is 0 Å². The molecule has 0 aliphatic carbocycles. The third kappa shape index (κ3) is 4.63. The molecule has 1 unspecified atom stereocenters. The Labute approximate surface area is 173 Å². The summed E-state index contributed by atoms with van der Waals surface area (Å²) >= 11 is 0. The van der Waals surface area contributed by atoms with Crippen LogP contribution >= 0.6 is 0 Å². The van der Waals surface area contributed by atoms with Gasteiger partial charge in [-0.2, -0.15) is 0 Å². The summed E-state index contributed by atoms with van der Waals surface area (Å²) < 4.78 is 21.5. The average molecular weight is 407 g/mol. The van der Waals surface area contributed by atoms with E-state index in [1.165, 1.54) is 6.92 Å². The maximum atomic E-state index is 12.3. The number of benzene rings is 2. The van der Waals surface area contributed by atoms with E-state index in [4.69, 9.17) is 18.6 Å². The minimum Gasteiger partial charge on any atom is -0.461 e. The predicted molar refractivity (Wildman–Crippen MR) is 109 cm³/mol. The van der Waals surface area contributed by atoms with Crippen LogP contribution in [0, 0.1) is 0 Å². The Morgan fingerprint density at radius 1 is 1.03 bits per heavy atom. The highest BCUT2D eigenvalue weighted by molar-refractivity contribution is 5.95. The Balaban J connectivity index is 1.25. The summed E-state index contributed by atoms with van der Waals surface area (Å²) in [6.07, 6.45) is -0.426. The Morgan fingerprint density at radius 2 is 1.83 bits per heavy atom. The number of hydrogen-bond acceptors (Lipinski definition) is 6. The largest absolute Gasteiger partial charge is 0.461 e. The quantitative estimate of drug-likeness (QED) is 0.592. The molecule has 1 atom stereocenters. The zero-order valence-electron chi connectivity index (χ0n) is 16.4. The molecule has 0 bridgehead atoms. The van der Waals surface area contributed by atoms with E-state index in [0.717, 1.165) is 11.3 Å². The number of amides is 1. The number of aryl methyl sites for hydroxylation is 1. The fourth-order valence-electron chi connectivity index (χ4n) is 3.02. The van der Waals surface area contributed by atoms with E-state index in [1.807, 2.05) is 42.5 Å². The van der Waals surface area contributed by atoms with Gasteiger partial charge in [0.2, 0.25) is 6.79 Å². The number of furan rings is 1. The van der Waals surface area contributed by atoms with Crippen LogP contribution in [0.3, 0.4) is 0 Å². The lowest BCUT2D eigenvalue weighted by molar-refractivity contribution is -0.153. The number of ether oxygens (including phenoxy) is 3. The SMILES string of the molecule is CC(OC(=O)CCc1ccc(-c2ccccc2)o1)C(=O)Nc1ccc2c(c1)OCO2. The van der Waals surface area contributed by atoms with Crippen molar-refractivity contribution in [3.63, 3.8) is 0 Å². The molecule has 0 radical (unpaired) electrons. The molecule has 0 saturated heterocycles. The Kier molecular flexibility index (Phi) is 5.70. The van der Waals surface area contributed by atoms with Gasteiger partial charge in [0.15, 0.2) is 17.6 Å². The number of nitrogens with one attached hydrogen (secondary N) is 1. The van der Waals surface area contributed by atoms with E-state index in [0.29, 0.717) is 29.4 Å². The molecular formula is C23H21NO6. The van der Waals surface area contributed by atoms with Crippen LogP contribution in [0.15, 0.2) is 65.1 Å². The van der Waals surface area contributed by atoms with E-state index in [9.17, 15) is 9.59 Å². The molecule has 7 nitrogen and oxygen atoms in total. The Hall–Kier alpha value is -3.74. The average Bonchev–Trinajstić information content (AvgIpc) is 3.42. The van der Waals surface area contributed by atoms with Gasteiger partial charge in [0, 0.05) is 23.7 Å². The van der Waals surface area contributed by atoms with Gasteiger partial charge in [-0.15, -0.1) is 0 Å². The second-order valence-corrected chi connectivity index (χ2v) is 6.82. The van der Waals surface area contributed by atoms with E-state index in [2.05, 4.69) is 5.32 Å². The van der Waals surface area contributed by atoms with Crippen LogP contribution in [0.25, 0.3) is 11.3 Å². The van der Waals surface area contributed by atoms with E-state index in [-0.39, 0.29) is 13.2 Å². The third-order valence-corrected chi connectivity index (χ3v) is 4.61. The fraction of sp³-hybridized carbons (Fsp3) is 0.217. The van der Waals surface area contributed by atoms with Gasteiger partial charge in [-0.1, -0.05) is 30.3 Å². The summed E-state index contributed by atoms with van der Waals surface area (Å²) in [6, 6.07) is 18.5. The molecule has 7 heteroatoms. The summed E-state index contributed by atoms with van der Waals surface area (Å²) in [4.78, 5) is 24.4. The van der Waals surface area contributed by atoms with Crippen LogP contribution in [0.2, 0.25) is 0 Å². The lowest BCUT2D eigenvalue weighted by Gasteiger charge is -2.13. The van der Waals surface area contributed by atoms with E-state index < -0.39 is 18.0 Å². The normalized spacial score (nSPS) is 13.0. The zero-order chi connectivity index (χ0) is 20.9. The Bertz CT molecular complexity index is 1040. The van der Waals surface area contributed by atoms with Crippen molar-refractivity contribution >= 4 is 17.6 Å². The van der Waals surface area contributed by atoms with E-state index in [1.54, 1.807) is 18.2 Å². The van der Waals surface area contributed by atoms with Crippen molar-refractivity contribution in [1.29, 1.82) is 0 Å². The van der Waals surface area contributed by atoms with Crippen LogP contribution in [0.5, 0.6) is 11.5 Å². The minimum atomic E-state index is -0.931. The van der Waals surface area contributed by atoms with Gasteiger partial charge in [0.25, 0.3) is 5.91 Å². The topological polar surface area (TPSA) is 87.0 Å². The van der Waals surface area contributed by atoms with E-state index >= 15 is 0 Å². The maximum absolute atomic E-state index is 12.3. The number of anilines is 1. The molecule has 2 heterocycles. The molecule has 1 aliphatic rings. The van der Waals surface area contributed by atoms with Gasteiger partial charge >= 0.3 is 5.97 Å². The highest BCUT2D eigenvalue weighted by atomic mass is 16.7. The van der Waals surface area contributed by atoms with Crippen molar-refractivity contribution in [2.75, 3.05) is 12.1 Å². The van der Waals surface area contributed by atoms with Crippen LogP contribution in [-0.4, -0.2) is 24.8 Å². The number of hydrogen-bond donors (Lipinski definition) is 1. The van der Waals surface area contributed by atoms with Crippen molar-refractivity contribution in [3.8, 4) is 22.8 Å². The molecule has 154 valence electrons. The molecule has 0 spiro atoms. The monoisotopic (exact) mass is 407 g/mol. The van der Waals surface area contributed by atoms with Crippen LogP contribution in [0.1, 0.15) is 19.1 Å². The molecule has 0 saturated carbocycles. The summed E-state index contributed by atoms with van der Waals surface area (Å²) in [5, 5.41) is 2.70. The standard InChI is InChI=1S/C23H21NO6/c1-15(23(26)24-17-7-10-20-21(13-17)28-14-27-20)29-22(25)12-9-18-8-11-19(30-18)16-5-3-2-4-6-16/h2-8,10-11,13,15H,9,12,14H2,1H3,(H,24,26). The molecular weight excluding hydrogens is 386 g/mol. The maximum Gasteiger partial charge on any atom is 0.307 e. The molecule has 1 aliphatic heterocycles. The van der Waals surface area contributed by atoms with Crippen molar-refractivity contribution in [3.05, 3.63) is 66.4 Å². The number of carbonyl (C=O) groups is 2. The van der Waals surface area contributed by atoms with Crippen molar-refractivity contribution in [2.45, 2.75) is 25.9 Å². The van der Waals surface area contributed by atoms with Crippen molar-refractivity contribution in [1.82, 2.24) is 0 Å². The first kappa shape index (κ1) is 19.6. The summed E-state index contributed by atoms with van der Waals surface area (Å²) in [6.45, 7) is 1.68. The molecule has 3 aromatic rings. The molecule has 0 fully saturated rings. The first-order chi connectivity index (χ1) is 14.6. The van der Waals surface area contributed by atoms with Gasteiger partial charge in [-0.3, -0.25) is 9.59 Å². The first-order valence-corrected chi connectivity index (χ1v) is 9.62. The predicted octanol–water partition coefficient (Wildman–Crippen LogP) is 4.18. The lowest BCUT2D eigenvalue weighted by Crippen LogP contribution is -2.30. The number of esters is 1. The van der Waals surface area contributed by atoms with Gasteiger partial charge in [0.05, 0.1) is 6.42 Å². The van der Waals surface area contributed by atoms with Gasteiger partial charge in [-0.05, 0) is 31.2 Å². The fourth-order valence-corrected chi connectivity index (χ4v) is 3.02. The highest BCUT2D eigenvalue weighted by Crippen LogP contribution is 2.34. The molecule has 1 amide bonds. The molecule has 1 N–H and O–H groups in total. The smallest absolute Gasteiger partial charge is 0.307 e. The van der Waals surface area contributed by atoms with Gasteiger partial charge in [-0.25, -0.2) is 0 Å². The highest BCUT2D eigenvalue weighted by Gasteiger charge is 2.20. The third-order valence-electron chi connectivity index (χ3n) is 4.61. The lowest BCUT2D eigenvalue weighted by atomic mass is 10.2. The van der Waals surface area contributed by atoms with Gasteiger partial charge < -0.3 is 23.9 Å². The summed E-state index contributed by atoms with van der Waals surface area (Å²) in [5.74, 6) is 1.72. The van der Waals surface area contributed by atoms with Crippen LogP contribution in [-0.2, 0) is 20.7 Å². The number of rotatable bonds is 7. The number of carbonyl (C=O) groups excluding carboxylic acids is 2. The second kappa shape index (κ2) is 8.73. The molecule has 4 rings (SSSR count). The van der Waals surface area contributed by atoms with Crippen LogP contribution in [0.4, 0.5) is 5.69 Å². The zero-order valence-corrected chi connectivity index (χ0v) is 16.4.